The molecule has 0 atom stereocenters. The lowest BCUT2D eigenvalue weighted by atomic mass is 10.4. The Bertz CT molecular complexity index is 270. The Balaban J connectivity index is 3.80. The van der Waals surface area contributed by atoms with Gasteiger partial charge in [-0.15, -0.1) is 0 Å². The Morgan fingerprint density at radius 3 is 1.93 bits per heavy atom. The maximum Gasteiger partial charge on any atom is 0.0114 e. The van der Waals surface area contributed by atoms with Gasteiger partial charge in [0.05, 0.1) is 0 Å². The van der Waals surface area contributed by atoms with Crippen molar-refractivity contribution >= 4 is 21.6 Å². The first-order valence-corrected chi connectivity index (χ1v) is 6.50. The average molecular weight is 224 g/mol. The number of rotatable bonds is 6. The third-order valence-corrected chi connectivity index (χ3v) is 3.51. The van der Waals surface area contributed by atoms with Crippen molar-refractivity contribution in [3.63, 3.8) is 0 Å². The second-order valence-electron chi connectivity index (χ2n) is 2.48. The van der Waals surface area contributed by atoms with Crippen LogP contribution < -0.4 is 0 Å². The lowest BCUT2D eigenvalue weighted by Gasteiger charge is -1.98. The molecule has 14 heavy (non-hydrogen) atoms. The first-order valence-electron chi connectivity index (χ1n) is 4.35. The number of allylic oxidation sites excluding steroid dienone is 6. The molecule has 0 bridgehead atoms. The van der Waals surface area contributed by atoms with Gasteiger partial charge < -0.3 is 0 Å². The zero-order valence-electron chi connectivity index (χ0n) is 8.69. The van der Waals surface area contributed by atoms with Crippen LogP contribution in [0.5, 0.6) is 0 Å². The molecule has 0 nitrogen and oxygen atoms in total. The highest BCUT2D eigenvalue weighted by molar-refractivity contribution is 8.79. The zero-order chi connectivity index (χ0) is 10.8. The topological polar surface area (TPSA) is 0 Å². The van der Waals surface area contributed by atoms with Gasteiger partial charge in [0, 0.05) is 9.81 Å². The fourth-order valence-corrected chi connectivity index (χ4v) is 2.14. The van der Waals surface area contributed by atoms with Crippen LogP contribution in [0, 0.1) is 0 Å². The molecule has 0 unspecified atom stereocenters. The predicted molar refractivity (Wildman–Crippen MR) is 72.2 cm³/mol. The largest absolute Gasteiger partial charge is 0.0877 e. The highest BCUT2D eigenvalue weighted by Gasteiger charge is 1.92. The van der Waals surface area contributed by atoms with Crippen LogP contribution in [0.15, 0.2) is 59.4 Å². The van der Waals surface area contributed by atoms with E-state index in [9.17, 15) is 0 Å². The van der Waals surface area contributed by atoms with Crippen LogP contribution >= 0.6 is 21.6 Å². The highest BCUT2D eigenvalue weighted by atomic mass is 33.1. The van der Waals surface area contributed by atoms with E-state index in [0.29, 0.717) is 0 Å². The Morgan fingerprint density at radius 2 is 1.43 bits per heavy atom. The molecule has 0 aromatic rings. The van der Waals surface area contributed by atoms with Gasteiger partial charge in [0.2, 0.25) is 0 Å². The van der Waals surface area contributed by atoms with Gasteiger partial charge >= 0.3 is 0 Å². The Kier molecular flexibility index (Phi) is 8.59. The Morgan fingerprint density at radius 1 is 0.857 bits per heavy atom. The molecule has 0 radical (unpaired) electrons. The van der Waals surface area contributed by atoms with Crippen molar-refractivity contribution in [3.8, 4) is 0 Å². The van der Waals surface area contributed by atoms with E-state index in [4.69, 9.17) is 0 Å². The summed E-state index contributed by atoms with van der Waals surface area (Å²) in [6, 6.07) is 0. The molecule has 0 aliphatic carbocycles. The summed E-state index contributed by atoms with van der Waals surface area (Å²) < 4.78 is 0. The van der Waals surface area contributed by atoms with Crippen molar-refractivity contribution < 1.29 is 0 Å². The second kappa shape index (κ2) is 8.97. The summed E-state index contributed by atoms with van der Waals surface area (Å²) in [6.07, 6.45) is 11.9. The van der Waals surface area contributed by atoms with E-state index in [-0.39, 0.29) is 0 Å². The third kappa shape index (κ3) is 8.02. The summed E-state index contributed by atoms with van der Waals surface area (Å²) in [5.41, 5.74) is 0. The van der Waals surface area contributed by atoms with Gasteiger partial charge in [0.1, 0.15) is 0 Å². The van der Waals surface area contributed by atoms with Gasteiger partial charge in [0.15, 0.2) is 0 Å². The molecule has 0 amide bonds. The Labute approximate surface area is 95.0 Å². The molecular formula is C12H16S2. The van der Waals surface area contributed by atoms with Crippen molar-refractivity contribution in [2.45, 2.75) is 13.8 Å². The van der Waals surface area contributed by atoms with E-state index in [1.807, 2.05) is 50.3 Å². The van der Waals surface area contributed by atoms with Crippen LogP contribution in [0.4, 0.5) is 0 Å². The first-order chi connectivity index (χ1) is 6.70. The van der Waals surface area contributed by atoms with Crippen LogP contribution in [-0.4, -0.2) is 0 Å². The smallest absolute Gasteiger partial charge is 0.0114 e. The zero-order valence-corrected chi connectivity index (χ0v) is 10.3. The predicted octanol–water partition coefficient (Wildman–Crippen LogP) is 5.10. The van der Waals surface area contributed by atoms with Gasteiger partial charge in [-0.2, -0.15) is 0 Å². The van der Waals surface area contributed by atoms with Crippen molar-refractivity contribution in [3.05, 3.63) is 59.4 Å². The van der Waals surface area contributed by atoms with Crippen molar-refractivity contribution in [1.29, 1.82) is 0 Å². The number of hydrogen-bond acceptors (Lipinski definition) is 2. The van der Waals surface area contributed by atoms with Gasteiger partial charge in [0.25, 0.3) is 0 Å². The van der Waals surface area contributed by atoms with Gasteiger partial charge in [-0.05, 0) is 19.9 Å². The molecule has 0 heterocycles. The fraction of sp³-hybridized carbons (Fsp3) is 0.167. The molecule has 0 aliphatic heterocycles. The summed E-state index contributed by atoms with van der Waals surface area (Å²) in [4.78, 5) is 2.07. The van der Waals surface area contributed by atoms with E-state index < -0.39 is 0 Å². The molecule has 0 N–H and O–H groups in total. The van der Waals surface area contributed by atoms with Crippen LogP contribution in [0.1, 0.15) is 13.8 Å². The second-order valence-corrected chi connectivity index (χ2v) is 4.87. The standard InChI is InChI=1S/C12H16S2/c1-5-7-8-10-12(4)14-13-11(3)9-6-2/h5-10H,3-4H2,1-2H3/b7-5-,9-6-,10-8-. The minimum absolute atomic E-state index is 1.03. The lowest BCUT2D eigenvalue weighted by molar-refractivity contribution is 1.73. The monoisotopic (exact) mass is 224 g/mol. The normalized spacial score (nSPS) is 11.9. The summed E-state index contributed by atoms with van der Waals surface area (Å²) >= 11 is 0. The van der Waals surface area contributed by atoms with Crippen LogP contribution in [0.3, 0.4) is 0 Å². The maximum absolute atomic E-state index is 3.91. The van der Waals surface area contributed by atoms with E-state index in [0.717, 1.165) is 9.81 Å². The van der Waals surface area contributed by atoms with Gasteiger partial charge in [-0.3, -0.25) is 0 Å². The molecule has 0 saturated carbocycles. The molecule has 0 aromatic heterocycles. The fourth-order valence-electron chi connectivity index (χ4n) is 0.622. The van der Waals surface area contributed by atoms with Crippen molar-refractivity contribution in [2.24, 2.45) is 0 Å². The molecule has 0 rings (SSSR count). The van der Waals surface area contributed by atoms with Gasteiger partial charge in [-0.25, -0.2) is 0 Å². The molecule has 0 aliphatic rings. The third-order valence-electron chi connectivity index (χ3n) is 1.19. The van der Waals surface area contributed by atoms with E-state index in [1.54, 1.807) is 21.6 Å². The number of hydrogen-bond donors (Lipinski definition) is 0. The summed E-state index contributed by atoms with van der Waals surface area (Å²) in [5, 5.41) is 0. The van der Waals surface area contributed by atoms with Crippen molar-refractivity contribution in [1.82, 2.24) is 0 Å². The average Bonchev–Trinajstić information content (AvgIpc) is 2.16. The molecule has 76 valence electrons. The quantitative estimate of drug-likeness (QED) is 0.454. The highest BCUT2D eigenvalue weighted by Crippen LogP contribution is 2.35. The summed E-state index contributed by atoms with van der Waals surface area (Å²) in [6.45, 7) is 11.8. The molecule has 0 aromatic carbocycles. The maximum atomic E-state index is 3.91. The molecule has 0 saturated heterocycles. The molecule has 2 heteroatoms. The SMILES string of the molecule is C=C(/C=C\C)SSC(=C)/C=C\C=C/C. The van der Waals surface area contributed by atoms with Gasteiger partial charge in [-0.1, -0.05) is 65.1 Å². The van der Waals surface area contributed by atoms with Crippen LogP contribution in [0.2, 0.25) is 0 Å². The lowest BCUT2D eigenvalue weighted by Crippen LogP contribution is -1.64. The van der Waals surface area contributed by atoms with E-state index >= 15 is 0 Å². The minimum atomic E-state index is 1.03. The summed E-state index contributed by atoms with van der Waals surface area (Å²) in [7, 11) is 3.25. The van der Waals surface area contributed by atoms with Crippen molar-refractivity contribution in [2.75, 3.05) is 0 Å². The van der Waals surface area contributed by atoms with Crippen LogP contribution in [0.25, 0.3) is 0 Å². The minimum Gasteiger partial charge on any atom is -0.0877 e. The first kappa shape index (κ1) is 13.4. The molecule has 0 fully saturated rings. The van der Waals surface area contributed by atoms with Crippen LogP contribution in [-0.2, 0) is 0 Å². The molecule has 0 spiro atoms. The Hall–Kier alpha value is -0.600. The summed E-state index contributed by atoms with van der Waals surface area (Å²) in [5.74, 6) is 0. The van der Waals surface area contributed by atoms with E-state index in [1.165, 1.54) is 0 Å². The molecular weight excluding hydrogens is 208 g/mol. The van der Waals surface area contributed by atoms with E-state index in [2.05, 4.69) is 13.2 Å².